The van der Waals surface area contributed by atoms with E-state index in [-0.39, 0.29) is 37.8 Å². The lowest BCUT2D eigenvalue weighted by Gasteiger charge is -2.32. The van der Waals surface area contributed by atoms with Crippen molar-refractivity contribution < 1.29 is 66.3 Å². The monoisotopic (exact) mass is 860 g/mol. The van der Waals surface area contributed by atoms with E-state index in [4.69, 9.17) is 33.2 Å². The van der Waals surface area contributed by atoms with Gasteiger partial charge in [0.1, 0.15) is 62.9 Å². The maximum atomic E-state index is 15.5. The Morgan fingerprint density at radius 3 is 1.77 bits per heavy atom. The number of rotatable bonds is 27. The zero-order valence-corrected chi connectivity index (χ0v) is 36.1. The summed E-state index contributed by atoms with van der Waals surface area (Å²) in [5.41, 5.74) is 2.40. The number of esters is 6. The minimum Gasteiger partial charge on any atom is -0.493 e. The molecule has 62 heavy (non-hydrogen) atoms. The molecule has 0 spiro atoms. The molecule has 0 saturated heterocycles. The number of carbonyl (C=O) groups is 6. The molecule has 0 radical (unpaired) electrons. The molecule has 0 bridgehead atoms. The van der Waals surface area contributed by atoms with Gasteiger partial charge in [-0.2, -0.15) is 0 Å². The number of unbranched alkanes of at least 4 members (excludes halogenated alkanes) is 4. The van der Waals surface area contributed by atoms with Crippen molar-refractivity contribution in [1.82, 2.24) is 0 Å². The van der Waals surface area contributed by atoms with Crippen LogP contribution in [0.15, 0.2) is 85.5 Å². The van der Waals surface area contributed by atoms with E-state index in [0.717, 1.165) is 43.7 Å². The molecule has 14 heteroatoms. The molecule has 0 amide bonds. The van der Waals surface area contributed by atoms with Crippen molar-refractivity contribution in [1.29, 1.82) is 0 Å². The lowest BCUT2D eigenvalue weighted by atomic mass is 9.92. The number of carbonyl (C=O) groups excluding carboxylic acids is 6. The van der Waals surface area contributed by atoms with Crippen LogP contribution in [-0.2, 0) is 70.2 Å². The standard InChI is InChI=1S/C48H57FO13/c1-7-11-12-13-14-15-34-16-22-40(41(49)24-34)36-19-23-39(37(25-36)28-58-42(50)8-2)35-17-20-38(21-18-35)59-29-48(32-62-47(55)33(5)6,30-60-45(53)26-43(51)56-9-3)31-61-46(54)27-44(52)57-10-4/h8,16-25H,2,5,7,9-15,26-32H2,1,3-4,6H3. The first kappa shape index (κ1) is 50.0. The lowest BCUT2D eigenvalue weighted by Crippen LogP contribution is -2.44. The highest BCUT2D eigenvalue weighted by Crippen LogP contribution is 2.33. The summed E-state index contributed by atoms with van der Waals surface area (Å²) < 4.78 is 52.9. The highest BCUT2D eigenvalue weighted by molar-refractivity contribution is 5.92. The van der Waals surface area contributed by atoms with Gasteiger partial charge in [-0.15, -0.1) is 0 Å². The summed E-state index contributed by atoms with van der Waals surface area (Å²) in [6.45, 7) is 11.8. The molecule has 3 aromatic carbocycles. The van der Waals surface area contributed by atoms with E-state index in [9.17, 15) is 28.8 Å². The van der Waals surface area contributed by atoms with Gasteiger partial charge in [0.05, 0.1) is 13.2 Å². The summed E-state index contributed by atoms with van der Waals surface area (Å²) in [6.07, 6.45) is 6.01. The number of halogens is 1. The molecular formula is C48H57FO13. The first-order chi connectivity index (χ1) is 29.7. The van der Waals surface area contributed by atoms with Crippen LogP contribution < -0.4 is 4.74 Å². The van der Waals surface area contributed by atoms with E-state index in [1.807, 2.05) is 6.07 Å². The Labute approximate surface area is 362 Å². The highest BCUT2D eigenvalue weighted by Gasteiger charge is 2.38. The van der Waals surface area contributed by atoms with Gasteiger partial charge in [0.15, 0.2) is 0 Å². The molecule has 0 unspecified atom stereocenters. The van der Waals surface area contributed by atoms with Crippen LogP contribution in [0, 0.1) is 11.2 Å². The summed E-state index contributed by atoms with van der Waals surface area (Å²) in [4.78, 5) is 73.8. The number of ether oxygens (including phenoxy) is 7. The molecule has 3 rings (SSSR count). The minimum absolute atomic E-state index is 0.0408. The maximum absolute atomic E-state index is 15.5. The SMILES string of the molecule is C=CC(=O)OCc1cc(-c2ccc(CCCCCCC)cc2F)ccc1-c1ccc(OCC(COC(=O)CC(=O)OCC)(COC(=O)CC(=O)OCC)COC(=O)C(=C)C)cc1. The predicted molar refractivity (Wildman–Crippen MR) is 228 cm³/mol. The van der Waals surface area contributed by atoms with Crippen LogP contribution in [0.25, 0.3) is 22.3 Å². The largest absolute Gasteiger partial charge is 0.493 e. The Bertz CT molecular complexity index is 1990. The van der Waals surface area contributed by atoms with Gasteiger partial charge in [-0.1, -0.05) is 82.2 Å². The Balaban J connectivity index is 1.91. The highest BCUT2D eigenvalue weighted by atomic mass is 19.1. The Morgan fingerprint density at radius 1 is 0.645 bits per heavy atom. The topological polar surface area (TPSA) is 167 Å². The fourth-order valence-corrected chi connectivity index (χ4v) is 6.04. The fraction of sp³-hybridized carbons (Fsp3) is 0.417. The summed E-state index contributed by atoms with van der Waals surface area (Å²) in [6, 6.07) is 17.4. The van der Waals surface area contributed by atoms with Gasteiger partial charge in [0, 0.05) is 17.2 Å². The van der Waals surface area contributed by atoms with Gasteiger partial charge in [-0.25, -0.2) is 14.0 Å². The lowest BCUT2D eigenvalue weighted by molar-refractivity contribution is -0.166. The van der Waals surface area contributed by atoms with E-state index in [1.54, 1.807) is 68.4 Å². The van der Waals surface area contributed by atoms with Crippen molar-refractivity contribution in [3.05, 3.63) is 102 Å². The third-order valence-electron chi connectivity index (χ3n) is 9.39. The average Bonchev–Trinajstić information content (AvgIpc) is 3.25. The van der Waals surface area contributed by atoms with Crippen molar-refractivity contribution in [2.45, 2.75) is 85.7 Å². The maximum Gasteiger partial charge on any atom is 0.333 e. The smallest absolute Gasteiger partial charge is 0.333 e. The molecule has 0 fully saturated rings. The molecule has 3 aromatic rings. The van der Waals surface area contributed by atoms with Gasteiger partial charge in [-0.05, 0) is 85.7 Å². The molecule has 0 aromatic heterocycles. The number of benzene rings is 3. The van der Waals surface area contributed by atoms with E-state index in [2.05, 4.69) is 20.1 Å². The molecular weight excluding hydrogens is 804 g/mol. The molecule has 0 saturated carbocycles. The Kier molecular flexibility index (Phi) is 21.1. The number of hydrogen-bond acceptors (Lipinski definition) is 13. The van der Waals surface area contributed by atoms with Crippen LogP contribution in [0.2, 0.25) is 0 Å². The van der Waals surface area contributed by atoms with Crippen LogP contribution in [0.5, 0.6) is 5.75 Å². The zero-order chi connectivity index (χ0) is 45.5. The number of hydrogen-bond donors (Lipinski definition) is 0. The molecule has 0 aliphatic rings. The van der Waals surface area contributed by atoms with Crippen LogP contribution in [-0.4, -0.2) is 75.5 Å². The normalized spacial score (nSPS) is 10.9. The van der Waals surface area contributed by atoms with E-state index in [0.29, 0.717) is 33.6 Å². The molecule has 0 aliphatic heterocycles. The minimum atomic E-state index is -1.56. The summed E-state index contributed by atoms with van der Waals surface area (Å²) >= 11 is 0. The van der Waals surface area contributed by atoms with Crippen molar-refractivity contribution in [3.63, 3.8) is 0 Å². The second kappa shape index (κ2) is 26.1. The third-order valence-corrected chi connectivity index (χ3v) is 9.39. The van der Waals surface area contributed by atoms with Crippen molar-refractivity contribution in [2.24, 2.45) is 5.41 Å². The van der Waals surface area contributed by atoms with Crippen LogP contribution in [0.3, 0.4) is 0 Å². The molecule has 0 aliphatic carbocycles. The molecule has 13 nitrogen and oxygen atoms in total. The second-order valence-electron chi connectivity index (χ2n) is 14.6. The van der Waals surface area contributed by atoms with Crippen LogP contribution >= 0.6 is 0 Å². The van der Waals surface area contributed by atoms with Crippen molar-refractivity contribution in [3.8, 4) is 28.0 Å². The molecule has 334 valence electrons. The van der Waals surface area contributed by atoms with Crippen molar-refractivity contribution >= 4 is 35.8 Å². The van der Waals surface area contributed by atoms with E-state index in [1.165, 1.54) is 13.3 Å². The van der Waals surface area contributed by atoms with Gasteiger partial charge in [0.2, 0.25) is 0 Å². The van der Waals surface area contributed by atoms with E-state index < -0.39 is 73.9 Å². The summed E-state index contributed by atoms with van der Waals surface area (Å²) in [5.74, 6) is -5.05. The predicted octanol–water partition coefficient (Wildman–Crippen LogP) is 8.38. The number of aryl methyl sites for hydroxylation is 1. The summed E-state index contributed by atoms with van der Waals surface area (Å²) in [7, 11) is 0. The quantitative estimate of drug-likeness (QED) is 0.0236. The van der Waals surface area contributed by atoms with Gasteiger partial charge < -0.3 is 33.2 Å². The Hall–Kier alpha value is -6.31. The fourth-order valence-electron chi connectivity index (χ4n) is 6.04. The van der Waals surface area contributed by atoms with Crippen LogP contribution in [0.4, 0.5) is 4.39 Å². The summed E-state index contributed by atoms with van der Waals surface area (Å²) in [5, 5.41) is 0. The first-order valence-corrected chi connectivity index (χ1v) is 20.6. The Morgan fingerprint density at radius 2 is 1.21 bits per heavy atom. The third kappa shape index (κ3) is 17.0. The second-order valence-corrected chi connectivity index (χ2v) is 14.6. The van der Waals surface area contributed by atoms with Crippen molar-refractivity contribution in [2.75, 3.05) is 39.6 Å². The van der Waals surface area contributed by atoms with Gasteiger partial charge >= 0.3 is 35.8 Å². The molecule has 0 N–H and O–H groups in total. The van der Waals surface area contributed by atoms with Gasteiger partial charge in [-0.3, -0.25) is 19.2 Å². The van der Waals surface area contributed by atoms with E-state index >= 15 is 4.39 Å². The molecule has 0 heterocycles. The van der Waals surface area contributed by atoms with Crippen LogP contribution in [0.1, 0.15) is 83.8 Å². The zero-order valence-electron chi connectivity index (χ0n) is 36.1. The van der Waals surface area contributed by atoms with Gasteiger partial charge in [0.25, 0.3) is 0 Å². The molecule has 0 atom stereocenters. The first-order valence-electron chi connectivity index (χ1n) is 20.6. The average molecular weight is 861 g/mol.